The van der Waals surface area contributed by atoms with Gasteiger partial charge >= 0.3 is 5.97 Å². The van der Waals surface area contributed by atoms with Crippen molar-refractivity contribution in [3.8, 4) is 11.8 Å². The first-order valence-corrected chi connectivity index (χ1v) is 6.69. The standard InChI is InChI=1S/C15H17N3O5/c1-17-13(19)8-18(2)14(20)9-23-15(21)10-22-12-5-3-11(7-16)4-6-12/h3-6H,8-10H2,1-2H3,(H,17,19). The molecule has 0 aromatic heterocycles. The van der Waals surface area contributed by atoms with Gasteiger partial charge < -0.3 is 19.7 Å². The maximum Gasteiger partial charge on any atom is 0.344 e. The molecule has 8 heteroatoms. The van der Waals surface area contributed by atoms with Gasteiger partial charge in [0.15, 0.2) is 13.2 Å². The normalized spacial score (nSPS) is 9.43. The number of nitrogens with one attached hydrogen (secondary N) is 1. The van der Waals surface area contributed by atoms with Gasteiger partial charge in [-0.05, 0) is 24.3 Å². The van der Waals surface area contributed by atoms with E-state index < -0.39 is 18.5 Å². The van der Waals surface area contributed by atoms with Crippen molar-refractivity contribution < 1.29 is 23.9 Å². The second-order valence-corrected chi connectivity index (χ2v) is 4.51. The van der Waals surface area contributed by atoms with Crippen LogP contribution in [0.1, 0.15) is 5.56 Å². The highest BCUT2D eigenvalue weighted by molar-refractivity contribution is 5.86. The molecule has 1 rings (SSSR count). The first-order valence-electron chi connectivity index (χ1n) is 6.69. The lowest BCUT2D eigenvalue weighted by Crippen LogP contribution is -2.39. The van der Waals surface area contributed by atoms with Crippen LogP contribution in [0, 0.1) is 11.3 Å². The van der Waals surface area contributed by atoms with Crippen molar-refractivity contribution in [1.82, 2.24) is 10.2 Å². The number of ether oxygens (including phenoxy) is 2. The Bertz CT molecular complexity index is 607. The summed E-state index contributed by atoms with van der Waals surface area (Å²) in [5, 5.41) is 11.0. The number of esters is 1. The van der Waals surface area contributed by atoms with Gasteiger partial charge in [0.25, 0.3) is 5.91 Å². The Labute approximate surface area is 133 Å². The van der Waals surface area contributed by atoms with Gasteiger partial charge in [-0.2, -0.15) is 5.26 Å². The van der Waals surface area contributed by atoms with E-state index in [1.165, 1.54) is 14.1 Å². The van der Waals surface area contributed by atoms with Crippen LogP contribution in [0.15, 0.2) is 24.3 Å². The topological polar surface area (TPSA) is 109 Å². The third-order valence-electron chi connectivity index (χ3n) is 2.78. The highest BCUT2D eigenvalue weighted by atomic mass is 16.6. The van der Waals surface area contributed by atoms with Crippen molar-refractivity contribution in [2.75, 3.05) is 33.9 Å². The van der Waals surface area contributed by atoms with Crippen molar-refractivity contribution in [3.63, 3.8) is 0 Å². The number of rotatable bonds is 7. The number of likely N-dealkylation sites (N-methyl/N-ethyl adjacent to an activating group) is 2. The van der Waals surface area contributed by atoms with Crippen LogP contribution in [0.5, 0.6) is 5.75 Å². The summed E-state index contributed by atoms with van der Waals surface area (Å²) in [6.07, 6.45) is 0. The van der Waals surface area contributed by atoms with Crippen LogP contribution in [0.3, 0.4) is 0 Å². The molecular weight excluding hydrogens is 302 g/mol. The Hall–Kier alpha value is -3.08. The number of benzene rings is 1. The van der Waals surface area contributed by atoms with Crippen LogP contribution < -0.4 is 10.1 Å². The zero-order valence-electron chi connectivity index (χ0n) is 12.9. The van der Waals surface area contributed by atoms with Crippen LogP contribution in [0.2, 0.25) is 0 Å². The molecule has 0 aliphatic heterocycles. The van der Waals surface area contributed by atoms with E-state index in [0.717, 1.165) is 4.90 Å². The van der Waals surface area contributed by atoms with Crippen LogP contribution in [-0.4, -0.2) is 56.5 Å². The van der Waals surface area contributed by atoms with Crippen molar-refractivity contribution >= 4 is 17.8 Å². The average Bonchev–Trinajstić information content (AvgIpc) is 2.57. The maximum absolute atomic E-state index is 11.6. The number of nitrogens with zero attached hydrogens (tertiary/aromatic N) is 2. The molecule has 1 aromatic carbocycles. The van der Waals surface area contributed by atoms with Gasteiger partial charge in [0.2, 0.25) is 5.91 Å². The molecule has 0 heterocycles. The summed E-state index contributed by atoms with van der Waals surface area (Å²) in [6.45, 7) is -0.948. The lowest BCUT2D eigenvalue weighted by Gasteiger charge is -2.15. The molecule has 122 valence electrons. The zero-order valence-corrected chi connectivity index (χ0v) is 12.9. The van der Waals surface area contributed by atoms with Gasteiger partial charge in [-0.15, -0.1) is 0 Å². The molecule has 0 aliphatic carbocycles. The highest BCUT2D eigenvalue weighted by Crippen LogP contribution is 2.11. The van der Waals surface area contributed by atoms with Gasteiger partial charge in [0, 0.05) is 14.1 Å². The molecule has 0 aliphatic rings. The lowest BCUT2D eigenvalue weighted by molar-refractivity contribution is -0.153. The monoisotopic (exact) mass is 319 g/mol. The minimum absolute atomic E-state index is 0.116. The summed E-state index contributed by atoms with van der Waals surface area (Å²) in [5.41, 5.74) is 0.477. The predicted molar refractivity (Wildman–Crippen MR) is 79.3 cm³/mol. The third-order valence-corrected chi connectivity index (χ3v) is 2.78. The smallest absolute Gasteiger partial charge is 0.344 e. The van der Waals surface area contributed by atoms with Gasteiger partial charge in [0.05, 0.1) is 18.2 Å². The van der Waals surface area contributed by atoms with E-state index in [1.54, 1.807) is 24.3 Å². The minimum atomic E-state index is -0.712. The molecule has 0 spiro atoms. The quantitative estimate of drug-likeness (QED) is 0.690. The zero-order chi connectivity index (χ0) is 17.2. The summed E-state index contributed by atoms with van der Waals surface area (Å²) in [6, 6.07) is 8.17. The van der Waals surface area contributed by atoms with Crippen molar-refractivity contribution in [2.24, 2.45) is 0 Å². The number of nitriles is 1. The Balaban J connectivity index is 2.32. The predicted octanol–water partition coefficient (Wildman–Crippen LogP) is -0.315. The van der Waals surface area contributed by atoms with Crippen molar-refractivity contribution in [3.05, 3.63) is 29.8 Å². The average molecular weight is 319 g/mol. The van der Waals surface area contributed by atoms with Gasteiger partial charge in [-0.3, -0.25) is 9.59 Å². The number of hydrogen-bond acceptors (Lipinski definition) is 6. The first kappa shape index (κ1) is 18.0. The maximum atomic E-state index is 11.6. The fourth-order valence-corrected chi connectivity index (χ4v) is 1.44. The molecule has 0 saturated heterocycles. The molecule has 1 aromatic rings. The molecule has 0 unspecified atom stereocenters. The number of carbonyl (C=O) groups excluding carboxylic acids is 3. The second-order valence-electron chi connectivity index (χ2n) is 4.51. The molecule has 0 saturated carbocycles. The third kappa shape index (κ3) is 6.48. The summed E-state index contributed by atoms with van der Waals surface area (Å²) < 4.78 is 9.94. The number of carbonyl (C=O) groups is 3. The van der Waals surface area contributed by atoms with Gasteiger partial charge in [-0.1, -0.05) is 0 Å². The van der Waals surface area contributed by atoms with Crippen LogP contribution >= 0.6 is 0 Å². The SMILES string of the molecule is CNC(=O)CN(C)C(=O)COC(=O)COc1ccc(C#N)cc1. The summed E-state index contributed by atoms with van der Waals surface area (Å²) in [4.78, 5) is 35.4. The number of hydrogen-bond donors (Lipinski definition) is 1. The fourth-order valence-electron chi connectivity index (χ4n) is 1.44. The van der Waals surface area contributed by atoms with E-state index in [4.69, 9.17) is 14.7 Å². The largest absolute Gasteiger partial charge is 0.482 e. The molecule has 2 amide bonds. The van der Waals surface area contributed by atoms with E-state index in [9.17, 15) is 14.4 Å². The summed E-state index contributed by atoms with van der Waals surface area (Å²) in [7, 11) is 2.89. The Kier molecular flexibility index (Phi) is 7.07. The molecule has 1 N–H and O–H groups in total. The van der Waals surface area contributed by atoms with Crippen LogP contribution in [-0.2, 0) is 19.1 Å². The summed E-state index contributed by atoms with van der Waals surface area (Å²) >= 11 is 0. The fraction of sp³-hybridized carbons (Fsp3) is 0.333. The van der Waals surface area contributed by atoms with Gasteiger partial charge in [-0.25, -0.2) is 4.79 Å². The molecule has 0 atom stereocenters. The minimum Gasteiger partial charge on any atom is -0.482 e. The molecule has 8 nitrogen and oxygen atoms in total. The van der Waals surface area contributed by atoms with Crippen LogP contribution in [0.25, 0.3) is 0 Å². The molecular formula is C15H17N3O5. The van der Waals surface area contributed by atoms with Crippen LogP contribution in [0.4, 0.5) is 0 Å². The molecule has 0 radical (unpaired) electrons. The Morgan fingerprint density at radius 2 is 1.87 bits per heavy atom. The van der Waals surface area contributed by atoms with E-state index in [1.807, 2.05) is 6.07 Å². The summed E-state index contributed by atoms with van der Waals surface area (Å²) in [5.74, 6) is -1.13. The van der Waals surface area contributed by atoms with Crippen molar-refractivity contribution in [1.29, 1.82) is 5.26 Å². The molecule has 23 heavy (non-hydrogen) atoms. The first-order chi connectivity index (χ1) is 11.0. The molecule has 0 bridgehead atoms. The highest BCUT2D eigenvalue weighted by Gasteiger charge is 2.14. The van der Waals surface area contributed by atoms with E-state index >= 15 is 0 Å². The lowest BCUT2D eigenvalue weighted by atomic mass is 10.2. The molecule has 0 fully saturated rings. The Morgan fingerprint density at radius 3 is 2.43 bits per heavy atom. The van der Waals surface area contributed by atoms with E-state index in [2.05, 4.69) is 5.32 Å². The number of amides is 2. The van der Waals surface area contributed by atoms with E-state index in [-0.39, 0.29) is 19.1 Å². The van der Waals surface area contributed by atoms with Crippen molar-refractivity contribution in [2.45, 2.75) is 0 Å². The van der Waals surface area contributed by atoms with E-state index in [0.29, 0.717) is 11.3 Å². The Morgan fingerprint density at radius 1 is 1.22 bits per heavy atom. The second kappa shape index (κ2) is 9.04. The van der Waals surface area contributed by atoms with Gasteiger partial charge in [0.1, 0.15) is 5.75 Å².